The number of benzene rings is 1. The Morgan fingerprint density at radius 1 is 0.830 bits per heavy atom. The van der Waals surface area contributed by atoms with Crippen LogP contribution in [0.1, 0.15) is 69.0 Å². The molecule has 4 N–H and O–H groups in total. The van der Waals surface area contributed by atoms with Crippen molar-refractivity contribution < 1.29 is 53.3 Å². The highest BCUT2D eigenvalue weighted by Gasteiger charge is 2.48. The Labute approximate surface area is 268 Å². The highest BCUT2D eigenvalue weighted by Crippen LogP contribution is 2.23. The van der Waals surface area contributed by atoms with E-state index in [0.29, 0.717) is 42.7 Å². The summed E-state index contributed by atoms with van der Waals surface area (Å²) in [6, 6.07) is 2.56. The molecule has 1 aliphatic heterocycles. The van der Waals surface area contributed by atoms with Gasteiger partial charge in [0.05, 0.1) is 24.3 Å². The molecule has 3 rings (SSSR count). The molecule has 1 saturated heterocycles. The monoisotopic (exact) mass is 660 g/mol. The van der Waals surface area contributed by atoms with Crippen molar-refractivity contribution in [2.24, 2.45) is 0 Å². The van der Waals surface area contributed by atoms with Gasteiger partial charge in [-0.05, 0) is 69.1 Å². The third kappa shape index (κ3) is 10.4. The fourth-order valence-corrected chi connectivity index (χ4v) is 5.06. The summed E-state index contributed by atoms with van der Waals surface area (Å²) in [7, 11) is 0. The fourth-order valence-electron chi connectivity index (χ4n) is 5.06. The number of aromatic nitrogens is 3. The van der Waals surface area contributed by atoms with Crippen LogP contribution in [-0.2, 0) is 41.6 Å². The molecule has 2 aromatic rings. The second-order valence-electron chi connectivity index (χ2n) is 10.9. The Hall–Kier alpha value is -5.22. The molecule has 16 nitrogen and oxygen atoms in total. The van der Waals surface area contributed by atoms with Crippen molar-refractivity contribution in [2.45, 2.75) is 82.7 Å². The number of alkyl halides is 1. The van der Waals surface area contributed by atoms with Gasteiger partial charge in [0, 0.05) is 19.4 Å². The number of carboxylic acid groups (broad SMARTS) is 3. The van der Waals surface area contributed by atoms with E-state index in [4.69, 9.17) is 5.11 Å². The lowest BCUT2D eigenvalue weighted by Crippen LogP contribution is -2.63. The van der Waals surface area contributed by atoms with Crippen LogP contribution in [0, 0.1) is 0 Å². The number of rotatable bonds is 20. The third-order valence-corrected chi connectivity index (χ3v) is 7.48. The molecule has 0 spiro atoms. The Balaban J connectivity index is 1.43. The Bertz CT molecular complexity index is 1460. The number of urea groups is 1. The maximum absolute atomic E-state index is 13.0. The van der Waals surface area contributed by atoms with Gasteiger partial charge in [0.15, 0.2) is 0 Å². The number of barbiturate groups is 1. The molecule has 2 atom stereocenters. The minimum absolute atomic E-state index is 0.166. The van der Waals surface area contributed by atoms with Gasteiger partial charge in [0.1, 0.15) is 18.5 Å². The quantitative estimate of drug-likeness (QED) is 0.118. The first-order valence-corrected chi connectivity index (χ1v) is 15.1. The number of nitrogens with zero attached hydrogens (tertiary/aromatic N) is 5. The van der Waals surface area contributed by atoms with Crippen LogP contribution in [0.25, 0.3) is 5.69 Å². The number of carbonyl (C=O) groups excluding carboxylic acids is 4. The molecule has 1 unspecified atom stereocenters. The molecule has 17 heteroatoms. The van der Waals surface area contributed by atoms with Crippen molar-refractivity contribution in [3.8, 4) is 5.69 Å². The van der Waals surface area contributed by atoms with Crippen LogP contribution >= 0.6 is 0 Å². The lowest BCUT2D eigenvalue weighted by Gasteiger charge is -2.38. The summed E-state index contributed by atoms with van der Waals surface area (Å²) in [5.74, 6) is -7.06. The van der Waals surface area contributed by atoms with E-state index in [1.54, 1.807) is 10.9 Å². The molecule has 1 aliphatic rings. The van der Waals surface area contributed by atoms with E-state index in [1.807, 2.05) is 24.3 Å². The number of unbranched alkanes of at least 4 members (excludes halogenated alkanes) is 1. The summed E-state index contributed by atoms with van der Waals surface area (Å²) in [6.45, 7) is -0.213. The van der Waals surface area contributed by atoms with Gasteiger partial charge in [-0.25, -0.2) is 28.9 Å². The SMILES string of the molecule is O=C(O)CCC(C(=O)O)N1C(=O)CC(=O)N([C@@H](CCCCNC(=O)CCCc2ccc(-n3cc(CCCF)nn3)cc2)C(=O)O)C1=O. The van der Waals surface area contributed by atoms with Gasteiger partial charge in [-0.2, -0.15) is 0 Å². The van der Waals surface area contributed by atoms with Crippen LogP contribution in [0.3, 0.4) is 0 Å². The molecule has 1 fully saturated rings. The van der Waals surface area contributed by atoms with Gasteiger partial charge in [0.25, 0.3) is 0 Å². The first-order chi connectivity index (χ1) is 22.4. The maximum atomic E-state index is 13.0. The van der Waals surface area contributed by atoms with E-state index in [0.717, 1.165) is 11.3 Å². The number of hydrogen-bond donors (Lipinski definition) is 4. The molecular weight excluding hydrogens is 623 g/mol. The predicted octanol–water partition coefficient (Wildman–Crippen LogP) is 1.73. The smallest absolute Gasteiger partial charge is 0.335 e. The predicted molar refractivity (Wildman–Crippen MR) is 159 cm³/mol. The summed E-state index contributed by atoms with van der Waals surface area (Å²) in [5, 5.41) is 39.0. The van der Waals surface area contributed by atoms with Crippen LogP contribution in [0.5, 0.6) is 0 Å². The molecule has 0 radical (unpaired) electrons. The molecule has 0 bridgehead atoms. The number of hydrogen-bond acceptors (Lipinski definition) is 9. The third-order valence-electron chi connectivity index (χ3n) is 7.48. The number of imide groups is 2. The molecule has 1 aromatic carbocycles. The second-order valence-corrected chi connectivity index (χ2v) is 10.9. The largest absolute Gasteiger partial charge is 0.481 e. The number of halogens is 1. The van der Waals surface area contributed by atoms with Crippen molar-refractivity contribution in [3.05, 3.63) is 41.7 Å². The van der Waals surface area contributed by atoms with E-state index >= 15 is 0 Å². The van der Waals surface area contributed by atoms with Crippen molar-refractivity contribution in [3.63, 3.8) is 0 Å². The second kappa shape index (κ2) is 17.5. The van der Waals surface area contributed by atoms with Crippen molar-refractivity contribution >= 4 is 41.7 Å². The summed E-state index contributed by atoms with van der Waals surface area (Å²) < 4.78 is 14.0. The minimum Gasteiger partial charge on any atom is -0.481 e. The number of amides is 5. The molecular formula is C30H37FN6O10. The first kappa shape index (κ1) is 36.3. The van der Waals surface area contributed by atoms with Gasteiger partial charge in [-0.15, -0.1) is 5.10 Å². The highest BCUT2D eigenvalue weighted by atomic mass is 19.1. The zero-order valence-corrected chi connectivity index (χ0v) is 25.5. The van der Waals surface area contributed by atoms with E-state index in [1.165, 1.54) is 0 Å². The van der Waals surface area contributed by atoms with Gasteiger partial charge in [-0.3, -0.25) is 23.6 Å². The first-order valence-electron chi connectivity index (χ1n) is 15.1. The van der Waals surface area contributed by atoms with Crippen LogP contribution in [0.4, 0.5) is 9.18 Å². The van der Waals surface area contributed by atoms with E-state index in [9.17, 15) is 48.2 Å². The van der Waals surface area contributed by atoms with E-state index < -0.39 is 73.8 Å². The van der Waals surface area contributed by atoms with E-state index in [-0.39, 0.29) is 36.6 Å². The van der Waals surface area contributed by atoms with Gasteiger partial charge in [0.2, 0.25) is 17.7 Å². The van der Waals surface area contributed by atoms with Crippen LogP contribution in [0.15, 0.2) is 30.5 Å². The van der Waals surface area contributed by atoms with E-state index in [2.05, 4.69) is 15.6 Å². The normalized spacial score (nSPS) is 14.6. The van der Waals surface area contributed by atoms with Crippen molar-refractivity contribution in [2.75, 3.05) is 13.2 Å². The summed E-state index contributed by atoms with van der Waals surface area (Å²) in [4.78, 5) is 85.5. The van der Waals surface area contributed by atoms with Crippen molar-refractivity contribution in [1.82, 2.24) is 30.1 Å². The van der Waals surface area contributed by atoms with Crippen LogP contribution < -0.4 is 5.32 Å². The summed E-state index contributed by atoms with van der Waals surface area (Å²) in [5.41, 5.74) is 2.52. The number of aryl methyl sites for hydroxylation is 2. The highest BCUT2D eigenvalue weighted by molar-refractivity contribution is 6.16. The summed E-state index contributed by atoms with van der Waals surface area (Å²) >= 11 is 0. The molecule has 5 amide bonds. The molecule has 0 saturated carbocycles. The van der Waals surface area contributed by atoms with Gasteiger partial charge in [-0.1, -0.05) is 17.3 Å². The molecule has 254 valence electrons. The molecule has 0 aliphatic carbocycles. The van der Waals surface area contributed by atoms with Crippen molar-refractivity contribution in [1.29, 1.82) is 0 Å². The minimum atomic E-state index is -1.89. The Morgan fingerprint density at radius 3 is 2.06 bits per heavy atom. The van der Waals surface area contributed by atoms with Gasteiger partial charge >= 0.3 is 23.9 Å². The molecule has 1 aromatic heterocycles. The number of nitrogens with one attached hydrogen (secondary N) is 1. The average molecular weight is 661 g/mol. The standard InChI is InChI=1S/C30H37FN6O10/c31-15-4-6-20-18-35(34-33-20)21-11-9-19(10-12-21)5-3-8-24(38)32-16-2-1-7-22(28(43)44)36-25(39)17-26(40)37(30(36)47)23(29(45)46)13-14-27(41)42/h9-12,18,22-23H,1-8,13-17H2,(H,32,38)(H,41,42)(H,43,44)(H,45,46)/t22-,23?/m0/s1. The number of carbonyl (C=O) groups is 7. The number of aliphatic carboxylic acids is 3. The lowest BCUT2D eigenvalue weighted by molar-refractivity contribution is -0.158. The van der Waals surface area contributed by atoms with Crippen LogP contribution in [0.2, 0.25) is 0 Å². The molecule has 2 heterocycles. The average Bonchev–Trinajstić information content (AvgIpc) is 3.49. The fraction of sp³-hybridized carbons (Fsp3) is 0.500. The van der Waals surface area contributed by atoms with Gasteiger partial charge < -0.3 is 20.6 Å². The Morgan fingerprint density at radius 2 is 1.47 bits per heavy atom. The topological polar surface area (TPSA) is 229 Å². The Kier molecular flexibility index (Phi) is 13.5. The lowest BCUT2D eigenvalue weighted by atomic mass is 10.0. The maximum Gasteiger partial charge on any atom is 0.335 e. The zero-order valence-electron chi connectivity index (χ0n) is 25.5. The number of carboxylic acids is 3. The van der Waals surface area contributed by atoms with Crippen LogP contribution in [-0.4, -0.2) is 107 Å². The zero-order chi connectivity index (χ0) is 34.5. The molecule has 47 heavy (non-hydrogen) atoms. The summed E-state index contributed by atoms with van der Waals surface area (Å²) in [6.07, 6.45) is 2.12.